The Hall–Kier alpha value is -1.28. The van der Waals surface area contributed by atoms with Gasteiger partial charge in [-0.25, -0.2) is 0 Å². The van der Waals surface area contributed by atoms with Crippen LogP contribution in [0.5, 0.6) is 0 Å². The van der Waals surface area contributed by atoms with Crippen molar-refractivity contribution in [2.45, 2.75) is 38.5 Å². The zero-order valence-corrected chi connectivity index (χ0v) is 10.3. The van der Waals surface area contributed by atoms with Crippen LogP contribution in [0.2, 0.25) is 0 Å². The van der Waals surface area contributed by atoms with Gasteiger partial charge in [0.25, 0.3) is 0 Å². The molecule has 0 spiro atoms. The first kappa shape index (κ1) is 10.8. The van der Waals surface area contributed by atoms with E-state index >= 15 is 0 Å². The predicted molar refractivity (Wildman–Crippen MR) is 72.3 cm³/mol. The summed E-state index contributed by atoms with van der Waals surface area (Å²) in [7, 11) is 0. The Balaban J connectivity index is 2.03. The number of nitrogens with one attached hydrogen (secondary N) is 1. The largest absolute Gasteiger partial charge is 0.361 e. The molecular weight excluding hydrogens is 208 g/mol. The minimum absolute atomic E-state index is 0.775. The zero-order valence-electron chi connectivity index (χ0n) is 10.3. The standard InChI is InChI=1S/C15H20N2/c16-7-3-6-13-10-17-15-9-12-5-2-1-4-11(12)8-14(13)15/h8-10,17H,1-7,16H2. The quantitative estimate of drug-likeness (QED) is 0.833. The van der Waals surface area contributed by atoms with Crippen LogP contribution in [-0.2, 0) is 19.3 Å². The van der Waals surface area contributed by atoms with Gasteiger partial charge in [0.1, 0.15) is 0 Å². The van der Waals surface area contributed by atoms with E-state index in [9.17, 15) is 0 Å². The van der Waals surface area contributed by atoms with Gasteiger partial charge < -0.3 is 10.7 Å². The van der Waals surface area contributed by atoms with Crippen molar-refractivity contribution < 1.29 is 0 Å². The van der Waals surface area contributed by atoms with Gasteiger partial charge in [-0.2, -0.15) is 0 Å². The van der Waals surface area contributed by atoms with E-state index in [1.54, 1.807) is 11.1 Å². The average Bonchev–Trinajstić information content (AvgIpc) is 2.76. The predicted octanol–water partition coefficient (Wildman–Crippen LogP) is 2.94. The molecule has 0 aliphatic heterocycles. The minimum atomic E-state index is 0.775. The third kappa shape index (κ3) is 1.98. The summed E-state index contributed by atoms with van der Waals surface area (Å²) < 4.78 is 0. The van der Waals surface area contributed by atoms with E-state index in [-0.39, 0.29) is 0 Å². The summed E-state index contributed by atoms with van der Waals surface area (Å²) in [4.78, 5) is 3.41. The Kier molecular flexibility index (Phi) is 2.89. The molecule has 0 radical (unpaired) electrons. The lowest BCUT2D eigenvalue weighted by molar-refractivity contribution is 0.687. The second-order valence-electron chi connectivity index (χ2n) is 5.08. The Bertz CT molecular complexity index is 525. The second-order valence-corrected chi connectivity index (χ2v) is 5.08. The molecule has 17 heavy (non-hydrogen) atoms. The third-order valence-electron chi connectivity index (χ3n) is 3.88. The van der Waals surface area contributed by atoms with Crippen molar-refractivity contribution in [1.29, 1.82) is 0 Å². The van der Waals surface area contributed by atoms with Gasteiger partial charge in [0, 0.05) is 17.1 Å². The first-order valence-corrected chi connectivity index (χ1v) is 6.70. The van der Waals surface area contributed by atoms with Crippen LogP contribution in [0, 0.1) is 0 Å². The highest BCUT2D eigenvalue weighted by atomic mass is 14.7. The van der Waals surface area contributed by atoms with Crippen LogP contribution in [-0.4, -0.2) is 11.5 Å². The monoisotopic (exact) mass is 228 g/mol. The van der Waals surface area contributed by atoms with Crippen LogP contribution in [0.25, 0.3) is 10.9 Å². The van der Waals surface area contributed by atoms with Crippen molar-refractivity contribution in [1.82, 2.24) is 4.98 Å². The van der Waals surface area contributed by atoms with E-state index in [4.69, 9.17) is 5.73 Å². The molecule has 2 aromatic rings. The Morgan fingerprint density at radius 2 is 1.88 bits per heavy atom. The molecule has 3 rings (SSSR count). The fourth-order valence-corrected chi connectivity index (χ4v) is 2.91. The molecule has 3 N–H and O–H groups in total. The maximum Gasteiger partial charge on any atom is 0.0459 e. The number of aryl methyl sites for hydroxylation is 3. The first-order chi connectivity index (χ1) is 8.38. The molecule has 1 aromatic heterocycles. The summed E-state index contributed by atoms with van der Waals surface area (Å²) >= 11 is 0. The van der Waals surface area contributed by atoms with Crippen molar-refractivity contribution >= 4 is 10.9 Å². The number of nitrogens with two attached hydrogens (primary N) is 1. The van der Waals surface area contributed by atoms with E-state index in [0.717, 1.165) is 19.4 Å². The average molecular weight is 228 g/mol. The van der Waals surface area contributed by atoms with Crippen molar-refractivity contribution in [3.05, 3.63) is 35.0 Å². The molecule has 1 heterocycles. The number of benzene rings is 1. The number of hydrogen-bond donors (Lipinski definition) is 2. The van der Waals surface area contributed by atoms with E-state index < -0.39 is 0 Å². The summed E-state index contributed by atoms with van der Waals surface area (Å²) in [6.45, 7) is 0.775. The number of H-pyrrole nitrogens is 1. The van der Waals surface area contributed by atoms with Crippen molar-refractivity contribution in [3.63, 3.8) is 0 Å². The molecule has 1 aromatic carbocycles. The normalized spacial score (nSPS) is 15.1. The highest BCUT2D eigenvalue weighted by Crippen LogP contribution is 2.28. The van der Waals surface area contributed by atoms with Gasteiger partial charge >= 0.3 is 0 Å². The van der Waals surface area contributed by atoms with Gasteiger partial charge in [-0.05, 0) is 73.9 Å². The molecule has 1 aliphatic carbocycles. The van der Waals surface area contributed by atoms with Gasteiger partial charge in [-0.1, -0.05) is 0 Å². The fraction of sp³-hybridized carbons (Fsp3) is 0.467. The van der Waals surface area contributed by atoms with Gasteiger partial charge in [0.2, 0.25) is 0 Å². The lowest BCUT2D eigenvalue weighted by Gasteiger charge is -2.15. The molecular formula is C15H20N2. The highest BCUT2D eigenvalue weighted by Gasteiger charge is 2.12. The number of rotatable bonds is 3. The molecule has 1 aliphatic rings. The molecule has 90 valence electrons. The van der Waals surface area contributed by atoms with Crippen molar-refractivity contribution in [3.8, 4) is 0 Å². The molecule has 0 atom stereocenters. The topological polar surface area (TPSA) is 41.8 Å². The van der Waals surface area contributed by atoms with Gasteiger partial charge in [0.15, 0.2) is 0 Å². The van der Waals surface area contributed by atoms with E-state index in [1.807, 2.05) is 0 Å². The van der Waals surface area contributed by atoms with E-state index in [1.165, 1.54) is 42.1 Å². The molecule has 0 fully saturated rings. The third-order valence-corrected chi connectivity index (χ3v) is 3.88. The second kappa shape index (κ2) is 4.53. The maximum absolute atomic E-state index is 5.59. The Morgan fingerprint density at radius 3 is 2.65 bits per heavy atom. The molecule has 0 saturated heterocycles. The summed E-state index contributed by atoms with van der Waals surface area (Å²) in [6.07, 6.45) is 9.53. The zero-order chi connectivity index (χ0) is 11.7. The summed E-state index contributed by atoms with van der Waals surface area (Å²) in [5.74, 6) is 0. The van der Waals surface area contributed by atoms with Crippen LogP contribution >= 0.6 is 0 Å². The number of hydrogen-bond acceptors (Lipinski definition) is 1. The van der Waals surface area contributed by atoms with Crippen LogP contribution in [0.1, 0.15) is 36.0 Å². The number of fused-ring (bicyclic) bond motifs is 2. The molecule has 0 unspecified atom stereocenters. The van der Waals surface area contributed by atoms with Gasteiger partial charge in [-0.15, -0.1) is 0 Å². The van der Waals surface area contributed by atoms with Gasteiger partial charge in [0.05, 0.1) is 0 Å². The Morgan fingerprint density at radius 1 is 1.12 bits per heavy atom. The van der Waals surface area contributed by atoms with Crippen LogP contribution in [0.15, 0.2) is 18.3 Å². The summed E-state index contributed by atoms with van der Waals surface area (Å²) in [5.41, 5.74) is 11.4. The summed E-state index contributed by atoms with van der Waals surface area (Å²) in [5, 5.41) is 1.42. The molecule has 2 heteroatoms. The van der Waals surface area contributed by atoms with Crippen LogP contribution in [0.4, 0.5) is 0 Å². The number of aromatic amines is 1. The molecule has 0 amide bonds. The first-order valence-electron chi connectivity index (χ1n) is 6.70. The molecule has 2 nitrogen and oxygen atoms in total. The summed E-state index contributed by atoms with van der Waals surface area (Å²) in [6, 6.07) is 4.77. The van der Waals surface area contributed by atoms with Gasteiger partial charge in [-0.3, -0.25) is 0 Å². The van der Waals surface area contributed by atoms with Crippen molar-refractivity contribution in [2.24, 2.45) is 5.73 Å². The molecule has 0 saturated carbocycles. The lowest BCUT2D eigenvalue weighted by Crippen LogP contribution is -2.02. The lowest BCUT2D eigenvalue weighted by atomic mass is 9.90. The van der Waals surface area contributed by atoms with Crippen LogP contribution < -0.4 is 5.73 Å². The minimum Gasteiger partial charge on any atom is -0.361 e. The SMILES string of the molecule is NCCCc1c[nH]c2cc3c(cc12)CCCC3. The van der Waals surface area contributed by atoms with E-state index in [0.29, 0.717) is 0 Å². The van der Waals surface area contributed by atoms with Crippen molar-refractivity contribution in [2.75, 3.05) is 6.54 Å². The molecule has 0 bridgehead atoms. The smallest absolute Gasteiger partial charge is 0.0459 e. The fourth-order valence-electron chi connectivity index (χ4n) is 2.91. The highest BCUT2D eigenvalue weighted by molar-refractivity contribution is 5.85. The Labute approximate surface area is 102 Å². The number of aromatic nitrogens is 1. The van der Waals surface area contributed by atoms with E-state index in [2.05, 4.69) is 23.3 Å². The maximum atomic E-state index is 5.59. The van der Waals surface area contributed by atoms with Crippen LogP contribution in [0.3, 0.4) is 0 Å².